The first-order valence-corrected chi connectivity index (χ1v) is 9.85. The highest BCUT2D eigenvalue weighted by molar-refractivity contribution is 9.10. The molecule has 2 aromatic carbocycles. The van der Waals surface area contributed by atoms with Gasteiger partial charge in [-0.3, -0.25) is 4.79 Å². The third kappa shape index (κ3) is 4.03. The number of halogens is 1. The van der Waals surface area contributed by atoms with Gasteiger partial charge in [-0.1, -0.05) is 28.1 Å². The van der Waals surface area contributed by atoms with Crippen LogP contribution in [0.2, 0.25) is 0 Å². The maximum Gasteiger partial charge on any atom is 0.260 e. The lowest BCUT2D eigenvalue weighted by Crippen LogP contribution is -2.45. The third-order valence-corrected chi connectivity index (χ3v) is 5.94. The number of hydrogen-bond donors (Lipinski definition) is 0. The number of ether oxygens (including phenoxy) is 1. The molecule has 1 heterocycles. The Hall–Kier alpha value is -1.60. The van der Waals surface area contributed by atoms with Crippen LogP contribution in [0.1, 0.15) is 0 Å². The highest BCUT2D eigenvalue weighted by Gasteiger charge is 2.25. The molecule has 1 fully saturated rings. The van der Waals surface area contributed by atoms with Crippen LogP contribution in [0, 0.1) is 0 Å². The first-order valence-electron chi connectivity index (χ1n) is 7.23. The first-order chi connectivity index (χ1) is 10.9. The van der Waals surface area contributed by atoms with Gasteiger partial charge in [0, 0.05) is 17.6 Å². The predicted octanol–water partition coefficient (Wildman–Crippen LogP) is 2.24. The summed E-state index contributed by atoms with van der Waals surface area (Å²) in [4.78, 5) is 13.6. The molecule has 0 N–H and O–H groups in total. The molecule has 1 aliphatic heterocycles. The normalized spacial score (nSPS) is 17.2. The zero-order valence-corrected chi connectivity index (χ0v) is 14.8. The molecule has 1 saturated heterocycles. The van der Waals surface area contributed by atoms with Gasteiger partial charge in [0.25, 0.3) is 5.91 Å². The average molecular weight is 398 g/mol. The minimum atomic E-state index is -2.98. The van der Waals surface area contributed by atoms with Gasteiger partial charge in [0.2, 0.25) is 0 Å². The number of amides is 1. The molecule has 7 heteroatoms. The number of sulfone groups is 1. The molecule has 122 valence electrons. The van der Waals surface area contributed by atoms with Crippen LogP contribution in [0.25, 0.3) is 10.8 Å². The lowest BCUT2D eigenvalue weighted by atomic mass is 10.1. The molecular formula is C16H16BrNO4S. The number of benzene rings is 2. The van der Waals surface area contributed by atoms with Gasteiger partial charge >= 0.3 is 0 Å². The Morgan fingerprint density at radius 2 is 1.74 bits per heavy atom. The van der Waals surface area contributed by atoms with Crippen molar-refractivity contribution in [2.24, 2.45) is 0 Å². The van der Waals surface area contributed by atoms with Crippen LogP contribution in [0.5, 0.6) is 5.75 Å². The number of carbonyl (C=O) groups is 1. The fourth-order valence-electron chi connectivity index (χ4n) is 2.48. The van der Waals surface area contributed by atoms with Crippen LogP contribution in [0.4, 0.5) is 0 Å². The number of rotatable bonds is 3. The molecule has 0 bridgehead atoms. The van der Waals surface area contributed by atoms with Crippen molar-refractivity contribution in [2.75, 3.05) is 31.2 Å². The molecule has 0 aromatic heterocycles. The van der Waals surface area contributed by atoms with E-state index in [-0.39, 0.29) is 37.1 Å². The van der Waals surface area contributed by atoms with E-state index in [4.69, 9.17) is 4.74 Å². The molecular weight excluding hydrogens is 382 g/mol. The lowest BCUT2D eigenvalue weighted by Gasteiger charge is -2.26. The van der Waals surface area contributed by atoms with Crippen LogP contribution in [-0.2, 0) is 14.6 Å². The van der Waals surface area contributed by atoms with Crippen LogP contribution in [0.3, 0.4) is 0 Å². The SMILES string of the molecule is O=C(COc1ccc2cc(Br)ccc2c1)N1CCS(=O)(=O)CC1. The summed E-state index contributed by atoms with van der Waals surface area (Å²) in [6.07, 6.45) is 0. The van der Waals surface area contributed by atoms with E-state index >= 15 is 0 Å². The lowest BCUT2D eigenvalue weighted by molar-refractivity contribution is -0.133. The van der Waals surface area contributed by atoms with Crippen molar-refractivity contribution in [3.8, 4) is 5.75 Å². The summed E-state index contributed by atoms with van der Waals surface area (Å²) in [5.74, 6) is 0.501. The Labute approximate surface area is 143 Å². The number of carbonyl (C=O) groups excluding carboxylic acids is 1. The van der Waals surface area contributed by atoms with Crippen molar-refractivity contribution < 1.29 is 17.9 Å². The van der Waals surface area contributed by atoms with Crippen LogP contribution < -0.4 is 4.74 Å². The number of hydrogen-bond acceptors (Lipinski definition) is 4. The zero-order valence-electron chi connectivity index (χ0n) is 12.4. The molecule has 3 rings (SSSR count). The van der Waals surface area contributed by atoms with Gasteiger partial charge in [0.05, 0.1) is 11.5 Å². The van der Waals surface area contributed by atoms with Crippen molar-refractivity contribution in [2.45, 2.75) is 0 Å². The Kier molecular flexibility index (Phi) is 4.59. The Bertz CT molecular complexity index is 836. The van der Waals surface area contributed by atoms with Gasteiger partial charge in [-0.25, -0.2) is 8.42 Å². The molecule has 0 spiro atoms. The van der Waals surface area contributed by atoms with Gasteiger partial charge in [0.15, 0.2) is 16.4 Å². The van der Waals surface area contributed by atoms with Gasteiger partial charge in [0.1, 0.15) is 5.75 Å². The highest BCUT2D eigenvalue weighted by atomic mass is 79.9. The summed E-state index contributed by atoms with van der Waals surface area (Å²) < 4.78 is 29.3. The minimum absolute atomic E-state index is 0.0313. The average Bonchev–Trinajstić information content (AvgIpc) is 2.52. The Balaban J connectivity index is 1.62. The highest BCUT2D eigenvalue weighted by Crippen LogP contribution is 2.24. The number of fused-ring (bicyclic) bond motifs is 1. The van der Waals surface area contributed by atoms with E-state index in [9.17, 15) is 13.2 Å². The maximum atomic E-state index is 12.1. The fourth-order valence-corrected chi connectivity index (χ4v) is 4.06. The van der Waals surface area contributed by atoms with Crippen molar-refractivity contribution in [1.82, 2.24) is 4.90 Å². The first kappa shape index (κ1) is 16.3. The summed E-state index contributed by atoms with van der Waals surface area (Å²) in [6, 6.07) is 11.6. The predicted molar refractivity (Wildman–Crippen MR) is 92.4 cm³/mol. The van der Waals surface area contributed by atoms with Crippen molar-refractivity contribution >= 4 is 42.4 Å². The topological polar surface area (TPSA) is 63.7 Å². The van der Waals surface area contributed by atoms with Gasteiger partial charge < -0.3 is 9.64 Å². The molecule has 1 aliphatic rings. The molecule has 1 amide bonds. The van der Waals surface area contributed by atoms with E-state index < -0.39 is 9.84 Å². The van der Waals surface area contributed by atoms with Crippen LogP contribution in [0.15, 0.2) is 40.9 Å². The van der Waals surface area contributed by atoms with Crippen molar-refractivity contribution in [3.05, 3.63) is 40.9 Å². The summed E-state index contributed by atoms with van der Waals surface area (Å²) in [7, 11) is -2.98. The van der Waals surface area contributed by atoms with Crippen molar-refractivity contribution in [3.63, 3.8) is 0 Å². The summed E-state index contributed by atoms with van der Waals surface area (Å²) in [5, 5.41) is 2.11. The third-order valence-electron chi connectivity index (χ3n) is 3.83. The quantitative estimate of drug-likeness (QED) is 0.796. The van der Waals surface area contributed by atoms with E-state index in [0.29, 0.717) is 5.75 Å². The molecule has 0 atom stereocenters. The van der Waals surface area contributed by atoms with Gasteiger partial charge in [-0.05, 0) is 35.0 Å². The Morgan fingerprint density at radius 1 is 1.09 bits per heavy atom. The molecule has 23 heavy (non-hydrogen) atoms. The number of nitrogens with zero attached hydrogens (tertiary/aromatic N) is 1. The smallest absolute Gasteiger partial charge is 0.260 e. The molecule has 0 radical (unpaired) electrons. The van der Waals surface area contributed by atoms with E-state index in [0.717, 1.165) is 15.2 Å². The maximum absolute atomic E-state index is 12.1. The molecule has 5 nitrogen and oxygen atoms in total. The monoisotopic (exact) mass is 397 g/mol. The van der Waals surface area contributed by atoms with Crippen LogP contribution in [-0.4, -0.2) is 50.4 Å². The minimum Gasteiger partial charge on any atom is -0.484 e. The molecule has 2 aromatic rings. The second-order valence-corrected chi connectivity index (χ2v) is 8.69. The Morgan fingerprint density at radius 3 is 2.48 bits per heavy atom. The summed E-state index contributed by atoms with van der Waals surface area (Å²) in [6.45, 7) is 0.411. The van der Waals surface area contributed by atoms with E-state index in [1.165, 1.54) is 0 Å². The second kappa shape index (κ2) is 6.49. The van der Waals surface area contributed by atoms with Crippen LogP contribution >= 0.6 is 15.9 Å². The van der Waals surface area contributed by atoms with Gasteiger partial charge in [-0.2, -0.15) is 0 Å². The zero-order chi connectivity index (χ0) is 16.4. The van der Waals surface area contributed by atoms with Crippen molar-refractivity contribution in [1.29, 1.82) is 0 Å². The fraction of sp³-hybridized carbons (Fsp3) is 0.312. The molecule has 0 unspecified atom stereocenters. The summed E-state index contributed by atoms with van der Waals surface area (Å²) in [5.41, 5.74) is 0. The van der Waals surface area contributed by atoms with E-state index in [2.05, 4.69) is 15.9 Å². The largest absolute Gasteiger partial charge is 0.484 e. The van der Waals surface area contributed by atoms with Gasteiger partial charge in [-0.15, -0.1) is 0 Å². The van der Waals surface area contributed by atoms with E-state index in [1.54, 1.807) is 4.90 Å². The summed E-state index contributed by atoms with van der Waals surface area (Å²) >= 11 is 3.43. The molecule has 0 saturated carbocycles. The standard InChI is InChI=1S/C16H16BrNO4S/c17-14-3-1-13-10-15(4-2-12(13)9-14)22-11-16(19)18-5-7-23(20,21)8-6-18/h1-4,9-10H,5-8,11H2. The van der Waals surface area contributed by atoms with E-state index in [1.807, 2.05) is 36.4 Å². The molecule has 0 aliphatic carbocycles. The second-order valence-electron chi connectivity index (χ2n) is 5.47.